The number of methoxy groups -OCH3 is 3. The van der Waals surface area contributed by atoms with E-state index in [4.69, 9.17) is 14.2 Å². The summed E-state index contributed by atoms with van der Waals surface area (Å²) in [6, 6.07) is 18.4. The Balaban J connectivity index is 2.16. The lowest BCUT2D eigenvalue weighted by Crippen LogP contribution is -2.18. The van der Waals surface area contributed by atoms with Gasteiger partial charge in [-0.1, -0.05) is 48.0 Å². The number of aryl methyl sites for hydroxylation is 1. The first kappa shape index (κ1) is 23.3. The van der Waals surface area contributed by atoms with Gasteiger partial charge in [0.15, 0.2) is 27.1 Å². The van der Waals surface area contributed by atoms with Crippen molar-refractivity contribution in [3.05, 3.63) is 83.4 Å². The van der Waals surface area contributed by atoms with E-state index in [9.17, 15) is 13.2 Å². The number of carbonyl (C=O) groups excluding carboxylic acids is 1. The van der Waals surface area contributed by atoms with Gasteiger partial charge in [-0.2, -0.15) is 0 Å². The maximum atomic E-state index is 13.7. The lowest BCUT2D eigenvalue weighted by Gasteiger charge is -2.21. The Bertz CT molecular complexity index is 1160. The van der Waals surface area contributed by atoms with E-state index in [1.54, 1.807) is 66.7 Å². The van der Waals surface area contributed by atoms with Gasteiger partial charge in [-0.3, -0.25) is 4.79 Å². The zero-order valence-electron chi connectivity index (χ0n) is 18.5. The van der Waals surface area contributed by atoms with E-state index in [-0.39, 0.29) is 17.1 Å². The number of ether oxygens (including phenoxy) is 3. The molecule has 6 nitrogen and oxygen atoms in total. The van der Waals surface area contributed by atoms with Crippen LogP contribution in [0.1, 0.15) is 33.2 Å². The van der Waals surface area contributed by atoms with Crippen LogP contribution in [-0.2, 0) is 9.84 Å². The molecule has 0 aliphatic rings. The number of carbonyl (C=O) groups is 1. The van der Waals surface area contributed by atoms with Crippen LogP contribution in [-0.4, -0.2) is 35.5 Å². The van der Waals surface area contributed by atoms with E-state index in [2.05, 4.69) is 0 Å². The second kappa shape index (κ2) is 9.87. The fourth-order valence-electron chi connectivity index (χ4n) is 3.50. The third-order valence-electron chi connectivity index (χ3n) is 5.25. The Hall–Kier alpha value is -3.32. The number of Topliss-reactive ketones (excluding diaryl/α,β-unsaturated/α-hetero) is 1. The van der Waals surface area contributed by atoms with Gasteiger partial charge in [0.2, 0.25) is 5.75 Å². The smallest absolute Gasteiger partial charge is 0.203 e. The van der Waals surface area contributed by atoms with Gasteiger partial charge in [-0.05, 0) is 36.8 Å². The van der Waals surface area contributed by atoms with Crippen molar-refractivity contribution in [2.24, 2.45) is 0 Å². The quantitative estimate of drug-likeness (QED) is 0.432. The number of hydrogen-bond donors (Lipinski definition) is 0. The molecule has 0 N–H and O–H groups in total. The molecule has 0 aliphatic heterocycles. The summed E-state index contributed by atoms with van der Waals surface area (Å²) >= 11 is 0. The average Bonchev–Trinajstić information content (AvgIpc) is 2.82. The number of sulfone groups is 1. The third-order valence-corrected chi connectivity index (χ3v) is 7.37. The van der Waals surface area contributed by atoms with Crippen molar-refractivity contribution in [2.75, 3.05) is 21.3 Å². The Kier molecular flexibility index (Phi) is 7.20. The van der Waals surface area contributed by atoms with E-state index in [0.717, 1.165) is 5.56 Å². The molecule has 3 aromatic rings. The van der Waals surface area contributed by atoms with Gasteiger partial charge in [0.1, 0.15) is 0 Å². The number of benzene rings is 3. The van der Waals surface area contributed by atoms with E-state index >= 15 is 0 Å². The van der Waals surface area contributed by atoms with Crippen LogP contribution >= 0.6 is 0 Å². The summed E-state index contributed by atoms with van der Waals surface area (Å²) in [5.74, 6) is 0.705. The normalized spacial score (nSPS) is 12.1. The molecule has 3 aromatic carbocycles. The van der Waals surface area contributed by atoms with Crippen LogP contribution in [0, 0.1) is 6.92 Å². The van der Waals surface area contributed by atoms with Crippen molar-refractivity contribution in [3.8, 4) is 17.2 Å². The molecule has 0 fully saturated rings. The zero-order valence-corrected chi connectivity index (χ0v) is 19.3. The molecule has 0 heterocycles. The largest absolute Gasteiger partial charge is 0.493 e. The van der Waals surface area contributed by atoms with Crippen LogP contribution in [0.25, 0.3) is 0 Å². The molecule has 3 rings (SSSR count). The molecule has 0 spiro atoms. The molecule has 32 heavy (non-hydrogen) atoms. The van der Waals surface area contributed by atoms with Crippen LogP contribution in [0.15, 0.2) is 71.6 Å². The van der Waals surface area contributed by atoms with Crippen LogP contribution < -0.4 is 14.2 Å². The third kappa shape index (κ3) is 4.78. The predicted molar refractivity (Wildman–Crippen MR) is 123 cm³/mol. The molecule has 0 saturated heterocycles. The molecule has 7 heteroatoms. The average molecular weight is 455 g/mol. The summed E-state index contributed by atoms with van der Waals surface area (Å²) in [4.78, 5) is 13.2. The summed E-state index contributed by atoms with van der Waals surface area (Å²) in [5.41, 5.74) is 1.77. The Morgan fingerprint density at radius 3 is 1.91 bits per heavy atom. The molecule has 0 saturated carbocycles. The first-order valence-corrected chi connectivity index (χ1v) is 11.5. The standard InChI is InChI=1S/C25H26O6S/c1-17-10-12-20(13-11-17)32(27,28)24(16-21(26)18-8-6-5-7-9-18)19-14-22(29-2)25(31-4)23(15-19)30-3/h5-15,24H,16H2,1-4H3/t24-/m1/s1. The Morgan fingerprint density at radius 2 is 1.41 bits per heavy atom. The molecule has 0 bridgehead atoms. The van der Waals surface area contributed by atoms with Crippen LogP contribution in [0.5, 0.6) is 17.2 Å². The highest BCUT2D eigenvalue weighted by molar-refractivity contribution is 7.91. The topological polar surface area (TPSA) is 78.9 Å². The van der Waals surface area contributed by atoms with Crippen molar-refractivity contribution >= 4 is 15.6 Å². The van der Waals surface area contributed by atoms with Gasteiger partial charge in [-0.25, -0.2) is 8.42 Å². The van der Waals surface area contributed by atoms with Gasteiger partial charge < -0.3 is 14.2 Å². The zero-order chi connectivity index (χ0) is 23.3. The second-order valence-corrected chi connectivity index (χ2v) is 9.43. The maximum absolute atomic E-state index is 13.7. The lowest BCUT2D eigenvalue weighted by molar-refractivity contribution is 0.0980. The van der Waals surface area contributed by atoms with Crippen molar-refractivity contribution in [2.45, 2.75) is 23.5 Å². The van der Waals surface area contributed by atoms with Gasteiger partial charge in [0.25, 0.3) is 0 Å². The van der Waals surface area contributed by atoms with Crippen molar-refractivity contribution in [1.29, 1.82) is 0 Å². The highest BCUT2D eigenvalue weighted by Crippen LogP contribution is 2.43. The van der Waals surface area contributed by atoms with Crippen LogP contribution in [0.4, 0.5) is 0 Å². The molecule has 1 atom stereocenters. The molecule has 168 valence electrons. The molecule has 0 aromatic heterocycles. The first-order chi connectivity index (χ1) is 15.3. The minimum absolute atomic E-state index is 0.141. The van der Waals surface area contributed by atoms with E-state index in [0.29, 0.717) is 28.4 Å². The first-order valence-electron chi connectivity index (χ1n) is 10.0. The van der Waals surface area contributed by atoms with Gasteiger partial charge in [-0.15, -0.1) is 0 Å². The molecule has 0 radical (unpaired) electrons. The van der Waals surface area contributed by atoms with Crippen molar-refractivity contribution in [1.82, 2.24) is 0 Å². The van der Waals surface area contributed by atoms with E-state index < -0.39 is 15.1 Å². The Morgan fingerprint density at radius 1 is 0.844 bits per heavy atom. The van der Waals surface area contributed by atoms with Crippen LogP contribution in [0.2, 0.25) is 0 Å². The van der Waals surface area contributed by atoms with Gasteiger partial charge in [0, 0.05) is 12.0 Å². The van der Waals surface area contributed by atoms with Gasteiger partial charge >= 0.3 is 0 Å². The minimum atomic E-state index is -3.92. The number of rotatable bonds is 9. The summed E-state index contributed by atoms with van der Waals surface area (Å²) in [7, 11) is 0.472. The monoisotopic (exact) mass is 454 g/mol. The fraction of sp³-hybridized carbons (Fsp3) is 0.240. The molecular formula is C25H26O6S. The SMILES string of the molecule is COc1cc([C@@H](CC(=O)c2ccccc2)S(=O)(=O)c2ccc(C)cc2)cc(OC)c1OC. The summed E-state index contributed by atoms with van der Waals surface area (Å²) in [6.07, 6.45) is -0.237. The molecule has 0 unspecified atom stereocenters. The molecule has 0 amide bonds. The molecule has 0 aliphatic carbocycles. The van der Waals surface area contributed by atoms with E-state index in [1.807, 2.05) is 6.92 Å². The summed E-state index contributed by atoms with van der Waals surface area (Å²) < 4.78 is 43.6. The number of ketones is 1. The lowest BCUT2D eigenvalue weighted by atomic mass is 10.0. The summed E-state index contributed by atoms with van der Waals surface area (Å²) in [6.45, 7) is 1.88. The maximum Gasteiger partial charge on any atom is 0.203 e. The van der Waals surface area contributed by atoms with Gasteiger partial charge in [0.05, 0.1) is 31.5 Å². The Labute approximate surface area is 188 Å². The van der Waals surface area contributed by atoms with Crippen LogP contribution in [0.3, 0.4) is 0 Å². The predicted octanol–water partition coefficient (Wildman–Crippen LogP) is 4.81. The van der Waals surface area contributed by atoms with Crippen molar-refractivity contribution in [3.63, 3.8) is 0 Å². The fourth-order valence-corrected chi connectivity index (χ4v) is 5.21. The van der Waals surface area contributed by atoms with E-state index in [1.165, 1.54) is 21.3 Å². The minimum Gasteiger partial charge on any atom is -0.493 e. The highest BCUT2D eigenvalue weighted by Gasteiger charge is 2.33. The number of hydrogen-bond acceptors (Lipinski definition) is 6. The highest BCUT2D eigenvalue weighted by atomic mass is 32.2. The molecular weight excluding hydrogens is 428 g/mol. The van der Waals surface area contributed by atoms with Crippen molar-refractivity contribution < 1.29 is 27.4 Å². The second-order valence-electron chi connectivity index (χ2n) is 7.30. The summed E-state index contributed by atoms with van der Waals surface area (Å²) in [5, 5.41) is -1.15.